The van der Waals surface area contributed by atoms with Gasteiger partial charge < -0.3 is 18.0 Å². The third-order valence-corrected chi connectivity index (χ3v) is 5.98. The molecule has 0 saturated carbocycles. The zero-order chi connectivity index (χ0) is 15.6. The topological polar surface area (TPSA) is 54.0 Å². The summed E-state index contributed by atoms with van der Waals surface area (Å²) in [5.41, 5.74) is 0.394. The van der Waals surface area contributed by atoms with Crippen LogP contribution in [0.25, 0.3) is 0 Å². The molecule has 20 heavy (non-hydrogen) atoms. The molecule has 1 atom stereocenters. The zero-order valence-corrected chi connectivity index (χ0v) is 14.4. The summed E-state index contributed by atoms with van der Waals surface area (Å²) in [6.45, 7) is 7.37. The van der Waals surface area contributed by atoms with Crippen LogP contribution in [0, 0.1) is 0 Å². The van der Waals surface area contributed by atoms with Gasteiger partial charge in [0.2, 0.25) is 0 Å². The lowest BCUT2D eigenvalue weighted by Crippen LogP contribution is -2.46. The highest BCUT2D eigenvalue weighted by Gasteiger charge is 2.41. The van der Waals surface area contributed by atoms with Crippen LogP contribution >= 0.6 is 0 Å². The van der Waals surface area contributed by atoms with Crippen LogP contribution in [0.15, 0.2) is 12.2 Å². The number of ether oxygens (including phenoxy) is 1. The van der Waals surface area contributed by atoms with Gasteiger partial charge in [-0.25, -0.2) is 4.79 Å². The molecule has 0 aliphatic carbocycles. The van der Waals surface area contributed by atoms with Crippen LogP contribution in [-0.2, 0) is 22.8 Å². The van der Waals surface area contributed by atoms with Crippen molar-refractivity contribution < 1.29 is 22.8 Å². The van der Waals surface area contributed by atoms with Crippen molar-refractivity contribution in [1.29, 1.82) is 0 Å². The van der Waals surface area contributed by atoms with Crippen LogP contribution in [0.2, 0.25) is 6.04 Å². The Balaban J connectivity index is 4.73. The van der Waals surface area contributed by atoms with Gasteiger partial charge in [0.25, 0.3) is 0 Å². The summed E-state index contributed by atoms with van der Waals surface area (Å²) in [7, 11) is 1.93. The monoisotopic (exact) mass is 304 g/mol. The fourth-order valence-electron chi connectivity index (χ4n) is 1.86. The Bertz CT molecular complexity index is 294. The van der Waals surface area contributed by atoms with Crippen LogP contribution in [0.1, 0.15) is 39.5 Å². The van der Waals surface area contributed by atoms with Crippen molar-refractivity contribution in [1.82, 2.24) is 0 Å². The van der Waals surface area contributed by atoms with Gasteiger partial charge in [-0.15, -0.1) is 0 Å². The minimum absolute atomic E-state index is 0.266. The Hall–Kier alpha value is -0.693. The molecule has 0 spiro atoms. The second-order valence-electron chi connectivity index (χ2n) is 4.80. The van der Waals surface area contributed by atoms with Gasteiger partial charge in [-0.2, -0.15) is 0 Å². The van der Waals surface area contributed by atoms with E-state index in [1.165, 1.54) is 0 Å². The Morgan fingerprint density at radius 1 is 1.15 bits per heavy atom. The number of unbranched alkanes of at least 4 members (excludes halogenated alkanes) is 2. The fourth-order valence-corrected chi connectivity index (χ4v) is 3.70. The summed E-state index contributed by atoms with van der Waals surface area (Å²) in [4.78, 5) is 11.7. The van der Waals surface area contributed by atoms with E-state index in [9.17, 15) is 4.79 Å². The van der Waals surface area contributed by atoms with E-state index in [4.69, 9.17) is 18.0 Å². The molecule has 0 aromatic rings. The molecule has 6 heteroatoms. The van der Waals surface area contributed by atoms with Gasteiger partial charge in [0.15, 0.2) is 0 Å². The highest BCUT2D eigenvalue weighted by Crippen LogP contribution is 2.22. The van der Waals surface area contributed by atoms with Crippen molar-refractivity contribution in [2.45, 2.75) is 51.7 Å². The molecule has 0 saturated heterocycles. The predicted molar refractivity (Wildman–Crippen MR) is 80.4 cm³/mol. The molecule has 0 aromatic heterocycles. The maximum absolute atomic E-state index is 11.7. The van der Waals surface area contributed by atoms with E-state index < -0.39 is 8.80 Å². The highest BCUT2D eigenvalue weighted by molar-refractivity contribution is 6.60. The van der Waals surface area contributed by atoms with Gasteiger partial charge >= 0.3 is 14.8 Å². The van der Waals surface area contributed by atoms with Crippen LogP contribution in [-0.4, -0.2) is 42.2 Å². The number of esters is 1. The quantitative estimate of drug-likeness (QED) is 0.254. The van der Waals surface area contributed by atoms with Crippen molar-refractivity contribution in [2.75, 3.05) is 21.3 Å². The van der Waals surface area contributed by atoms with Crippen molar-refractivity contribution in [3.63, 3.8) is 0 Å². The maximum Gasteiger partial charge on any atom is 0.503 e. The average Bonchev–Trinajstić information content (AvgIpc) is 2.44. The first-order valence-electron chi connectivity index (χ1n) is 6.96. The highest BCUT2D eigenvalue weighted by atomic mass is 28.4. The number of hydrogen-bond donors (Lipinski definition) is 0. The Labute approximate surface area is 123 Å². The first-order valence-corrected chi connectivity index (χ1v) is 8.89. The van der Waals surface area contributed by atoms with Gasteiger partial charge in [-0.05, 0) is 19.8 Å². The van der Waals surface area contributed by atoms with Crippen LogP contribution in [0.3, 0.4) is 0 Å². The Kier molecular flexibility index (Phi) is 9.74. The van der Waals surface area contributed by atoms with Gasteiger partial charge in [0, 0.05) is 26.9 Å². The molecule has 118 valence electrons. The molecule has 0 aromatic carbocycles. The van der Waals surface area contributed by atoms with E-state index in [0.29, 0.717) is 11.6 Å². The molecule has 0 bridgehead atoms. The smallest absolute Gasteiger partial charge is 0.459 e. The van der Waals surface area contributed by atoms with Gasteiger partial charge in [0.1, 0.15) is 6.10 Å². The van der Waals surface area contributed by atoms with E-state index in [2.05, 4.69) is 13.5 Å². The van der Waals surface area contributed by atoms with Gasteiger partial charge in [-0.1, -0.05) is 26.3 Å². The molecule has 0 fully saturated rings. The standard InChI is InChI=1S/C14H28O5Si/c1-7-8-9-10-13(19-14(15)12(2)3)11-20(16-4,17-5)18-6/h13H,2,7-11H2,1,3-6H3. The van der Waals surface area contributed by atoms with Crippen molar-refractivity contribution in [3.8, 4) is 0 Å². The number of hydrogen-bond acceptors (Lipinski definition) is 5. The van der Waals surface area contributed by atoms with E-state index >= 15 is 0 Å². The molecular weight excluding hydrogens is 276 g/mol. The molecule has 0 radical (unpaired) electrons. The molecule has 0 N–H and O–H groups in total. The molecule has 0 amide bonds. The second-order valence-corrected chi connectivity index (χ2v) is 7.80. The first kappa shape index (κ1) is 19.3. The molecule has 0 aliphatic heterocycles. The average molecular weight is 304 g/mol. The van der Waals surface area contributed by atoms with Crippen LogP contribution < -0.4 is 0 Å². The number of carbonyl (C=O) groups excluding carboxylic acids is 1. The first-order chi connectivity index (χ1) is 9.44. The normalized spacial score (nSPS) is 13.1. The summed E-state index contributed by atoms with van der Waals surface area (Å²) >= 11 is 0. The van der Waals surface area contributed by atoms with Gasteiger partial charge in [0.05, 0.1) is 6.04 Å². The summed E-state index contributed by atoms with van der Waals surface area (Å²) in [6, 6.07) is 0.458. The number of rotatable bonds is 11. The lowest BCUT2D eigenvalue weighted by Gasteiger charge is -2.28. The minimum Gasteiger partial charge on any atom is -0.459 e. The van der Waals surface area contributed by atoms with Crippen molar-refractivity contribution in [3.05, 3.63) is 12.2 Å². The SMILES string of the molecule is C=C(C)C(=O)OC(CCCCC)C[Si](OC)(OC)OC. The Morgan fingerprint density at radius 3 is 2.10 bits per heavy atom. The summed E-state index contributed by atoms with van der Waals surface area (Å²) < 4.78 is 21.7. The van der Waals surface area contributed by atoms with Gasteiger partial charge in [-0.3, -0.25) is 0 Å². The minimum atomic E-state index is -2.75. The molecule has 0 aliphatic rings. The fraction of sp³-hybridized carbons (Fsp3) is 0.786. The van der Waals surface area contributed by atoms with Crippen molar-refractivity contribution in [2.24, 2.45) is 0 Å². The molecule has 0 rings (SSSR count). The summed E-state index contributed by atoms with van der Waals surface area (Å²) in [6.07, 6.45) is 3.71. The van der Waals surface area contributed by atoms with Crippen molar-refractivity contribution >= 4 is 14.8 Å². The second kappa shape index (κ2) is 10.1. The third-order valence-electron chi connectivity index (χ3n) is 3.16. The molecule has 0 heterocycles. The van der Waals surface area contributed by atoms with E-state index in [-0.39, 0.29) is 12.1 Å². The molecule has 1 unspecified atom stereocenters. The third kappa shape index (κ3) is 6.65. The molecular formula is C14H28O5Si. The van der Waals surface area contributed by atoms with E-state index in [1.54, 1.807) is 28.3 Å². The van der Waals surface area contributed by atoms with E-state index in [0.717, 1.165) is 25.7 Å². The van der Waals surface area contributed by atoms with E-state index in [1.807, 2.05) is 0 Å². The van der Waals surface area contributed by atoms with Crippen LogP contribution in [0.5, 0.6) is 0 Å². The Morgan fingerprint density at radius 2 is 1.70 bits per heavy atom. The predicted octanol–water partition coefficient (Wildman–Crippen LogP) is 2.93. The summed E-state index contributed by atoms with van der Waals surface area (Å²) in [5, 5.41) is 0. The zero-order valence-electron chi connectivity index (χ0n) is 13.4. The maximum atomic E-state index is 11.7. The largest absolute Gasteiger partial charge is 0.503 e. The lowest BCUT2D eigenvalue weighted by molar-refractivity contribution is -0.144. The lowest BCUT2D eigenvalue weighted by atomic mass is 10.1. The van der Waals surface area contributed by atoms with Crippen LogP contribution in [0.4, 0.5) is 0 Å². The summed E-state index contributed by atoms with van der Waals surface area (Å²) in [5.74, 6) is -0.377. The molecule has 5 nitrogen and oxygen atoms in total. The number of carbonyl (C=O) groups is 1.